The van der Waals surface area contributed by atoms with E-state index in [9.17, 15) is 22.0 Å². The van der Waals surface area contributed by atoms with Gasteiger partial charge in [-0.25, -0.2) is 8.42 Å². The highest BCUT2D eigenvalue weighted by molar-refractivity contribution is 7.89. The number of benzene rings is 2. The SMILES string of the molecule is Cc1ccc(S(=O)(=O)N(C)CC(=O)Nc2ccc(OC(F)F)cc2)cc1C. The molecule has 6 nitrogen and oxygen atoms in total. The number of nitrogens with one attached hydrogen (secondary N) is 1. The minimum atomic E-state index is -3.82. The lowest BCUT2D eigenvalue weighted by molar-refractivity contribution is -0.116. The van der Waals surface area contributed by atoms with Crippen LogP contribution in [0.25, 0.3) is 0 Å². The number of anilines is 1. The van der Waals surface area contributed by atoms with E-state index in [-0.39, 0.29) is 10.6 Å². The summed E-state index contributed by atoms with van der Waals surface area (Å²) in [6.07, 6.45) is 0. The molecule has 0 bridgehead atoms. The monoisotopic (exact) mass is 398 g/mol. The number of likely N-dealkylation sites (N-methyl/N-ethyl adjacent to an activating group) is 1. The van der Waals surface area contributed by atoms with Crippen molar-refractivity contribution in [1.29, 1.82) is 0 Å². The van der Waals surface area contributed by atoms with Crippen molar-refractivity contribution in [1.82, 2.24) is 4.31 Å². The van der Waals surface area contributed by atoms with Crippen LogP contribution in [0.1, 0.15) is 11.1 Å². The molecule has 2 aromatic carbocycles. The van der Waals surface area contributed by atoms with Gasteiger partial charge >= 0.3 is 6.61 Å². The summed E-state index contributed by atoms with van der Waals surface area (Å²) in [5.74, 6) is -0.607. The lowest BCUT2D eigenvalue weighted by Gasteiger charge is -2.17. The van der Waals surface area contributed by atoms with Gasteiger partial charge in [0.25, 0.3) is 0 Å². The van der Waals surface area contributed by atoms with Crippen LogP contribution in [0.3, 0.4) is 0 Å². The van der Waals surface area contributed by atoms with Gasteiger partial charge in [0.05, 0.1) is 11.4 Å². The molecule has 2 aromatic rings. The fourth-order valence-electron chi connectivity index (χ4n) is 2.26. The van der Waals surface area contributed by atoms with Crippen molar-refractivity contribution in [3.8, 4) is 5.75 Å². The van der Waals surface area contributed by atoms with E-state index in [1.165, 1.54) is 37.4 Å². The van der Waals surface area contributed by atoms with Crippen molar-refractivity contribution in [3.05, 3.63) is 53.6 Å². The quantitative estimate of drug-likeness (QED) is 0.777. The Morgan fingerprint density at radius 3 is 2.30 bits per heavy atom. The van der Waals surface area contributed by atoms with E-state index in [0.717, 1.165) is 15.4 Å². The van der Waals surface area contributed by atoms with Crippen LogP contribution in [0.5, 0.6) is 5.75 Å². The minimum Gasteiger partial charge on any atom is -0.435 e. The van der Waals surface area contributed by atoms with E-state index in [1.807, 2.05) is 13.8 Å². The molecule has 0 fully saturated rings. The Bertz CT molecular complexity index is 915. The molecule has 1 amide bonds. The number of carbonyl (C=O) groups is 1. The zero-order valence-corrected chi connectivity index (χ0v) is 15.9. The molecule has 0 aliphatic carbocycles. The number of alkyl halides is 2. The van der Waals surface area contributed by atoms with Gasteiger partial charge in [-0.1, -0.05) is 6.07 Å². The van der Waals surface area contributed by atoms with Crippen LogP contribution in [-0.4, -0.2) is 38.8 Å². The van der Waals surface area contributed by atoms with Crippen molar-refractivity contribution in [2.75, 3.05) is 18.9 Å². The Hall–Kier alpha value is -2.52. The summed E-state index contributed by atoms with van der Waals surface area (Å²) in [6.45, 7) is 0.350. The van der Waals surface area contributed by atoms with Crippen molar-refractivity contribution in [2.45, 2.75) is 25.4 Å². The predicted molar refractivity (Wildman–Crippen MR) is 97.4 cm³/mol. The fourth-order valence-corrected chi connectivity index (χ4v) is 3.47. The van der Waals surface area contributed by atoms with Gasteiger partial charge in [-0.05, 0) is 61.4 Å². The molecule has 0 aliphatic heterocycles. The fraction of sp³-hybridized carbons (Fsp3) is 0.278. The van der Waals surface area contributed by atoms with E-state index in [2.05, 4.69) is 10.1 Å². The largest absolute Gasteiger partial charge is 0.435 e. The summed E-state index contributed by atoms with van der Waals surface area (Å²) >= 11 is 0. The maximum Gasteiger partial charge on any atom is 0.387 e. The summed E-state index contributed by atoms with van der Waals surface area (Å²) in [5.41, 5.74) is 2.13. The van der Waals surface area contributed by atoms with Crippen molar-refractivity contribution < 1.29 is 26.7 Å². The molecule has 2 rings (SSSR count). The topological polar surface area (TPSA) is 75.7 Å². The summed E-state index contributed by atoms with van der Waals surface area (Å²) in [4.78, 5) is 12.2. The molecule has 146 valence electrons. The Morgan fingerprint density at radius 1 is 1.11 bits per heavy atom. The van der Waals surface area contributed by atoms with Crippen LogP contribution in [-0.2, 0) is 14.8 Å². The summed E-state index contributed by atoms with van der Waals surface area (Å²) < 4.78 is 54.6. The molecule has 0 unspecified atom stereocenters. The van der Waals surface area contributed by atoms with Crippen LogP contribution >= 0.6 is 0 Å². The third-order valence-corrected chi connectivity index (χ3v) is 5.72. The number of rotatable bonds is 7. The Labute approximate surface area is 156 Å². The molecule has 0 aliphatic rings. The highest BCUT2D eigenvalue weighted by atomic mass is 32.2. The molecular formula is C18H20F2N2O4S. The number of sulfonamides is 1. The van der Waals surface area contributed by atoms with Crippen molar-refractivity contribution >= 4 is 21.6 Å². The van der Waals surface area contributed by atoms with Gasteiger partial charge in [0.2, 0.25) is 15.9 Å². The number of carbonyl (C=O) groups excluding carboxylic acids is 1. The first-order chi connectivity index (χ1) is 12.6. The van der Waals surface area contributed by atoms with Crippen LogP contribution in [0, 0.1) is 13.8 Å². The number of ether oxygens (including phenoxy) is 1. The lowest BCUT2D eigenvalue weighted by atomic mass is 10.1. The molecule has 0 spiro atoms. The van der Waals surface area contributed by atoms with E-state index in [1.54, 1.807) is 12.1 Å². The summed E-state index contributed by atoms with van der Waals surface area (Å²) in [6, 6.07) is 10.1. The lowest BCUT2D eigenvalue weighted by Crippen LogP contribution is -2.35. The van der Waals surface area contributed by atoms with E-state index in [0.29, 0.717) is 5.69 Å². The summed E-state index contributed by atoms with van der Waals surface area (Å²) in [5, 5.41) is 2.51. The average Bonchev–Trinajstić information content (AvgIpc) is 2.58. The first-order valence-corrected chi connectivity index (χ1v) is 9.42. The van der Waals surface area contributed by atoms with Gasteiger partial charge in [-0.2, -0.15) is 13.1 Å². The van der Waals surface area contributed by atoms with Gasteiger partial charge in [-0.3, -0.25) is 4.79 Å². The molecule has 0 aromatic heterocycles. The maximum atomic E-state index is 12.6. The highest BCUT2D eigenvalue weighted by Crippen LogP contribution is 2.19. The van der Waals surface area contributed by atoms with E-state index < -0.39 is 29.1 Å². The second kappa shape index (κ2) is 8.45. The number of nitrogens with zero attached hydrogens (tertiary/aromatic N) is 1. The molecule has 0 atom stereocenters. The zero-order chi connectivity index (χ0) is 20.2. The van der Waals surface area contributed by atoms with Crippen LogP contribution in [0.4, 0.5) is 14.5 Å². The van der Waals surface area contributed by atoms with Crippen molar-refractivity contribution in [2.24, 2.45) is 0 Å². The zero-order valence-electron chi connectivity index (χ0n) is 15.1. The smallest absolute Gasteiger partial charge is 0.387 e. The standard InChI is InChI=1S/C18H20F2N2O4S/c1-12-4-9-16(10-13(12)2)27(24,25)22(3)11-17(23)21-14-5-7-15(8-6-14)26-18(19)20/h4-10,18H,11H2,1-3H3,(H,21,23). The predicted octanol–water partition coefficient (Wildman–Crippen LogP) is 3.16. The van der Waals surface area contributed by atoms with Crippen LogP contribution in [0.15, 0.2) is 47.4 Å². The van der Waals surface area contributed by atoms with E-state index >= 15 is 0 Å². The number of hydrogen-bond donors (Lipinski definition) is 1. The number of hydrogen-bond acceptors (Lipinski definition) is 4. The van der Waals surface area contributed by atoms with Gasteiger partial charge in [0.15, 0.2) is 0 Å². The van der Waals surface area contributed by atoms with Crippen LogP contribution in [0.2, 0.25) is 0 Å². The average molecular weight is 398 g/mol. The van der Waals surface area contributed by atoms with E-state index in [4.69, 9.17) is 0 Å². The Kier molecular flexibility index (Phi) is 6.50. The second-order valence-electron chi connectivity index (χ2n) is 5.96. The highest BCUT2D eigenvalue weighted by Gasteiger charge is 2.23. The first kappa shape index (κ1) is 20.8. The minimum absolute atomic E-state index is 0.0440. The Morgan fingerprint density at radius 2 is 1.74 bits per heavy atom. The van der Waals surface area contributed by atoms with Crippen LogP contribution < -0.4 is 10.1 Å². The maximum absolute atomic E-state index is 12.6. The van der Waals surface area contributed by atoms with Gasteiger partial charge < -0.3 is 10.1 Å². The first-order valence-electron chi connectivity index (χ1n) is 7.98. The molecule has 0 heterocycles. The Balaban J connectivity index is 2.02. The molecule has 1 N–H and O–H groups in total. The summed E-state index contributed by atoms with van der Waals surface area (Å²) in [7, 11) is -2.51. The molecule has 0 saturated heterocycles. The third kappa shape index (κ3) is 5.48. The number of halogens is 2. The number of aryl methyl sites for hydroxylation is 2. The molecule has 0 saturated carbocycles. The van der Waals surface area contributed by atoms with Gasteiger partial charge in [0.1, 0.15) is 5.75 Å². The second-order valence-corrected chi connectivity index (χ2v) is 8.00. The van der Waals surface area contributed by atoms with Gasteiger partial charge in [-0.15, -0.1) is 0 Å². The normalized spacial score (nSPS) is 11.7. The molecular weight excluding hydrogens is 378 g/mol. The molecule has 9 heteroatoms. The molecule has 27 heavy (non-hydrogen) atoms. The third-order valence-electron chi connectivity index (χ3n) is 3.92. The number of amides is 1. The molecule has 0 radical (unpaired) electrons. The van der Waals surface area contributed by atoms with Gasteiger partial charge in [0, 0.05) is 12.7 Å². The van der Waals surface area contributed by atoms with Crippen molar-refractivity contribution in [3.63, 3.8) is 0 Å².